The third kappa shape index (κ3) is 3.58. The van der Waals surface area contributed by atoms with Crippen molar-refractivity contribution in [1.82, 2.24) is 4.72 Å². The zero-order chi connectivity index (χ0) is 14.8. The van der Waals surface area contributed by atoms with Crippen molar-refractivity contribution in [1.29, 1.82) is 0 Å². The fourth-order valence-electron chi connectivity index (χ4n) is 2.61. The van der Waals surface area contributed by atoms with E-state index in [1.165, 1.54) is 6.07 Å². The average Bonchev–Trinajstić information content (AvgIpc) is 2.83. The van der Waals surface area contributed by atoms with Crippen LogP contribution in [-0.4, -0.2) is 26.7 Å². The summed E-state index contributed by atoms with van der Waals surface area (Å²) in [5.41, 5.74) is 0. The highest BCUT2D eigenvalue weighted by Gasteiger charge is 2.28. The van der Waals surface area contributed by atoms with Gasteiger partial charge < -0.3 is 5.11 Å². The SMILES string of the molecule is O=S(=O)(NCC1CCCC1CO)c1ccc(F)cc1Br. The van der Waals surface area contributed by atoms with E-state index >= 15 is 0 Å². The molecule has 1 fully saturated rings. The molecule has 20 heavy (non-hydrogen) atoms. The molecule has 7 heteroatoms. The second-order valence-corrected chi connectivity index (χ2v) is 7.65. The standard InChI is InChI=1S/C13H17BrFNO3S/c14-12-6-11(15)4-5-13(12)20(18,19)16-7-9-2-1-3-10(9)8-17/h4-6,9-10,16-17H,1-3,7-8H2. The molecule has 1 aliphatic rings. The van der Waals surface area contributed by atoms with Crippen molar-refractivity contribution < 1.29 is 17.9 Å². The lowest BCUT2D eigenvalue weighted by Crippen LogP contribution is -2.32. The van der Waals surface area contributed by atoms with Crippen molar-refractivity contribution in [2.24, 2.45) is 11.8 Å². The number of hydrogen-bond acceptors (Lipinski definition) is 3. The Kier molecular flexibility index (Phi) is 5.17. The van der Waals surface area contributed by atoms with Gasteiger partial charge in [0.05, 0.1) is 4.90 Å². The summed E-state index contributed by atoms with van der Waals surface area (Å²) < 4.78 is 40.1. The van der Waals surface area contributed by atoms with Gasteiger partial charge in [0, 0.05) is 17.6 Å². The number of nitrogens with one attached hydrogen (secondary N) is 1. The molecule has 2 rings (SSSR count). The van der Waals surface area contributed by atoms with Gasteiger partial charge in [-0.05, 0) is 58.8 Å². The molecule has 1 aromatic rings. The van der Waals surface area contributed by atoms with Crippen LogP contribution in [0.4, 0.5) is 4.39 Å². The highest BCUT2D eigenvalue weighted by molar-refractivity contribution is 9.10. The molecule has 0 amide bonds. The van der Waals surface area contributed by atoms with Crippen LogP contribution in [0.1, 0.15) is 19.3 Å². The van der Waals surface area contributed by atoms with E-state index in [1.807, 2.05) is 0 Å². The Balaban J connectivity index is 2.07. The highest BCUT2D eigenvalue weighted by Crippen LogP contribution is 2.31. The Morgan fingerprint density at radius 1 is 1.35 bits per heavy atom. The van der Waals surface area contributed by atoms with Gasteiger partial charge in [0.25, 0.3) is 0 Å². The molecule has 1 saturated carbocycles. The van der Waals surface area contributed by atoms with E-state index in [1.54, 1.807) is 0 Å². The van der Waals surface area contributed by atoms with E-state index in [2.05, 4.69) is 20.7 Å². The number of hydrogen-bond donors (Lipinski definition) is 2. The number of rotatable bonds is 5. The number of halogens is 2. The molecule has 0 saturated heterocycles. The van der Waals surface area contributed by atoms with Crippen LogP contribution in [0.3, 0.4) is 0 Å². The van der Waals surface area contributed by atoms with Crippen molar-refractivity contribution in [3.05, 3.63) is 28.5 Å². The number of aliphatic hydroxyl groups is 1. The molecule has 2 atom stereocenters. The van der Waals surface area contributed by atoms with Crippen molar-refractivity contribution in [3.8, 4) is 0 Å². The Labute approximate surface area is 126 Å². The van der Waals surface area contributed by atoms with Crippen molar-refractivity contribution in [3.63, 3.8) is 0 Å². The molecule has 4 nitrogen and oxygen atoms in total. The maximum Gasteiger partial charge on any atom is 0.241 e. The topological polar surface area (TPSA) is 66.4 Å². The molecule has 1 aromatic carbocycles. The van der Waals surface area contributed by atoms with Crippen molar-refractivity contribution in [2.45, 2.75) is 24.2 Å². The fourth-order valence-corrected chi connectivity index (χ4v) is 4.75. The van der Waals surface area contributed by atoms with E-state index in [-0.39, 0.29) is 27.8 Å². The van der Waals surface area contributed by atoms with Crippen LogP contribution in [0.2, 0.25) is 0 Å². The minimum atomic E-state index is -3.67. The summed E-state index contributed by atoms with van der Waals surface area (Å²) in [7, 11) is -3.67. The maximum absolute atomic E-state index is 13.0. The van der Waals surface area contributed by atoms with Gasteiger partial charge in [-0.2, -0.15) is 0 Å². The van der Waals surface area contributed by atoms with Gasteiger partial charge in [0.2, 0.25) is 10.0 Å². The monoisotopic (exact) mass is 365 g/mol. The zero-order valence-electron chi connectivity index (χ0n) is 10.9. The van der Waals surface area contributed by atoms with Crippen LogP contribution in [0.15, 0.2) is 27.6 Å². The lowest BCUT2D eigenvalue weighted by molar-refractivity contribution is 0.195. The van der Waals surface area contributed by atoms with E-state index in [0.717, 1.165) is 31.4 Å². The fraction of sp³-hybridized carbons (Fsp3) is 0.538. The molecule has 2 unspecified atom stereocenters. The Hall–Kier alpha value is -0.500. The number of benzene rings is 1. The van der Waals surface area contributed by atoms with Crippen LogP contribution >= 0.6 is 15.9 Å². The second-order valence-electron chi connectivity index (χ2n) is 5.06. The van der Waals surface area contributed by atoms with Gasteiger partial charge in [-0.1, -0.05) is 6.42 Å². The summed E-state index contributed by atoms with van der Waals surface area (Å²) in [6.07, 6.45) is 2.86. The predicted octanol–water partition coefficient (Wildman–Crippen LogP) is 2.28. The van der Waals surface area contributed by atoms with E-state index < -0.39 is 15.8 Å². The minimum Gasteiger partial charge on any atom is -0.396 e. The first-order valence-electron chi connectivity index (χ1n) is 6.49. The van der Waals surface area contributed by atoms with Gasteiger partial charge in [-0.25, -0.2) is 17.5 Å². The summed E-state index contributed by atoms with van der Waals surface area (Å²) in [5.74, 6) is -0.171. The van der Waals surface area contributed by atoms with Crippen LogP contribution < -0.4 is 4.72 Å². The van der Waals surface area contributed by atoms with Crippen LogP contribution in [0.5, 0.6) is 0 Å². The molecule has 0 aromatic heterocycles. The van der Waals surface area contributed by atoms with Crippen molar-refractivity contribution >= 4 is 26.0 Å². The molecule has 112 valence electrons. The average molecular weight is 366 g/mol. The smallest absolute Gasteiger partial charge is 0.241 e. The predicted molar refractivity (Wildman–Crippen MR) is 77.2 cm³/mol. The summed E-state index contributed by atoms with van der Waals surface area (Å²) >= 11 is 3.06. The summed E-state index contributed by atoms with van der Waals surface area (Å²) in [6, 6.07) is 3.48. The third-order valence-corrected chi connectivity index (χ3v) is 6.17. The third-order valence-electron chi connectivity index (χ3n) is 3.77. The quantitative estimate of drug-likeness (QED) is 0.840. The molecular formula is C13H17BrFNO3S. The lowest BCUT2D eigenvalue weighted by atomic mass is 9.97. The normalized spacial score (nSPS) is 23.1. The molecule has 2 N–H and O–H groups in total. The zero-order valence-corrected chi connectivity index (χ0v) is 13.3. The second kappa shape index (κ2) is 6.51. The van der Waals surface area contributed by atoms with Gasteiger partial charge in [0.1, 0.15) is 5.82 Å². The van der Waals surface area contributed by atoms with E-state index in [4.69, 9.17) is 0 Å². The lowest BCUT2D eigenvalue weighted by Gasteiger charge is -2.18. The van der Waals surface area contributed by atoms with Crippen LogP contribution in [0.25, 0.3) is 0 Å². The minimum absolute atomic E-state index is 0.0254. The Morgan fingerprint density at radius 3 is 2.70 bits per heavy atom. The number of sulfonamides is 1. The van der Waals surface area contributed by atoms with Gasteiger partial charge >= 0.3 is 0 Å². The number of aliphatic hydroxyl groups excluding tert-OH is 1. The van der Waals surface area contributed by atoms with Gasteiger partial charge in [-0.3, -0.25) is 0 Å². The van der Waals surface area contributed by atoms with E-state index in [9.17, 15) is 17.9 Å². The Bertz CT molecular complexity index is 579. The van der Waals surface area contributed by atoms with Crippen LogP contribution in [-0.2, 0) is 10.0 Å². The maximum atomic E-state index is 13.0. The highest BCUT2D eigenvalue weighted by atomic mass is 79.9. The van der Waals surface area contributed by atoms with Crippen molar-refractivity contribution in [2.75, 3.05) is 13.2 Å². The molecule has 0 aliphatic heterocycles. The summed E-state index contributed by atoms with van der Waals surface area (Å²) in [6.45, 7) is 0.393. The first-order valence-corrected chi connectivity index (χ1v) is 8.77. The molecular weight excluding hydrogens is 349 g/mol. The van der Waals surface area contributed by atoms with E-state index in [0.29, 0.717) is 6.54 Å². The summed E-state index contributed by atoms with van der Waals surface area (Å²) in [5, 5.41) is 9.23. The molecule has 0 bridgehead atoms. The van der Waals surface area contributed by atoms with Crippen LogP contribution in [0, 0.1) is 17.7 Å². The largest absolute Gasteiger partial charge is 0.396 e. The summed E-state index contributed by atoms with van der Waals surface area (Å²) in [4.78, 5) is 0.0254. The Morgan fingerprint density at radius 2 is 2.05 bits per heavy atom. The molecule has 0 heterocycles. The molecule has 0 radical (unpaired) electrons. The first-order chi connectivity index (χ1) is 9.44. The molecule has 0 spiro atoms. The first kappa shape index (κ1) is 15.9. The van der Waals surface area contributed by atoms with Gasteiger partial charge in [0.15, 0.2) is 0 Å². The van der Waals surface area contributed by atoms with Gasteiger partial charge in [-0.15, -0.1) is 0 Å². The molecule has 1 aliphatic carbocycles.